The van der Waals surface area contributed by atoms with Crippen LogP contribution in [0, 0.1) is 12.7 Å². The zero-order valence-corrected chi connectivity index (χ0v) is 11.8. The predicted molar refractivity (Wildman–Crippen MR) is 73.7 cm³/mol. The van der Waals surface area contributed by atoms with Crippen molar-refractivity contribution in [3.8, 4) is 0 Å². The van der Waals surface area contributed by atoms with E-state index in [2.05, 4.69) is 5.32 Å². The molecule has 1 rings (SSSR count). The molecule has 1 atom stereocenters. The molecule has 1 aromatic carbocycles. The minimum atomic E-state index is -0.757. The molecule has 1 amide bonds. The number of nitrogens with one attached hydrogen (secondary N) is 1. The normalized spacial score (nSPS) is 12.1. The van der Waals surface area contributed by atoms with Gasteiger partial charge in [0.2, 0.25) is 5.91 Å². The predicted octanol–water partition coefficient (Wildman–Crippen LogP) is 1.76. The van der Waals surface area contributed by atoms with Crippen molar-refractivity contribution in [2.45, 2.75) is 26.4 Å². The zero-order valence-electron chi connectivity index (χ0n) is 11.8. The molecule has 0 aliphatic carbocycles. The van der Waals surface area contributed by atoms with Crippen LogP contribution in [-0.4, -0.2) is 31.7 Å². The number of aliphatic hydroxyl groups excluding tert-OH is 1. The lowest BCUT2D eigenvalue weighted by atomic mass is 10.0. The number of carbonyl (C=O) groups is 1. The summed E-state index contributed by atoms with van der Waals surface area (Å²) in [5.41, 5.74) is 1.80. The minimum Gasteiger partial charge on any atom is -0.389 e. The van der Waals surface area contributed by atoms with Gasteiger partial charge in [0.05, 0.1) is 6.10 Å². The lowest BCUT2D eigenvalue weighted by Crippen LogP contribution is -2.27. The first kappa shape index (κ1) is 15.4. The van der Waals surface area contributed by atoms with Gasteiger partial charge in [0.25, 0.3) is 0 Å². The SMILES string of the molecule is CNC(=O)CCN(C)c1cc(C)c(F)cc1[C@@H](C)O. The van der Waals surface area contributed by atoms with Gasteiger partial charge >= 0.3 is 0 Å². The Kier molecular flexibility index (Phi) is 5.30. The number of aryl methyl sites for hydroxylation is 1. The van der Waals surface area contributed by atoms with Crippen LogP contribution in [0.2, 0.25) is 0 Å². The van der Waals surface area contributed by atoms with Crippen LogP contribution in [0.15, 0.2) is 12.1 Å². The smallest absolute Gasteiger partial charge is 0.221 e. The second-order valence-corrected chi connectivity index (χ2v) is 4.68. The van der Waals surface area contributed by atoms with Crippen molar-refractivity contribution >= 4 is 11.6 Å². The average Bonchev–Trinajstić information content (AvgIpc) is 2.37. The summed E-state index contributed by atoms with van der Waals surface area (Å²) in [7, 11) is 3.41. The van der Waals surface area contributed by atoms with E-state index >= 15 is 0 Å². The van der Waals surface area contributed by atoms with E-state index in [1.165, 1.54) is 6.07 Å². The Bertz CT molecular complexity index is 461. The van der Waals surface area contributed by atoms with Gasteiger partial charge in [-0.2, -0.15) is 0 Å². The fraction of sp³-hybridized carbons (Fsp3) is 0.500. The number of aliphatic hydroxyl groups is 1. The summed E-state index contributed by atoms with van der Waals surface area (Å²) in [6, 6.07) is 3.05. The van der Waals surface area contributed by atoms with Crippen LogP contribution >= 0.6 is 0 Å². The van der Waals surface area contributed by atoms with Crippen LogP contribution in [0.3, 0.4) is 0 Å². The average molecular weight is 268 g/mol. The minimum absolute atomic E-state index is 0.0516. The zero-order chi connectivity index (χ0) is 14.6. The summed E-state index contributed by atoms with van der Waals surface area (Å²) >= 11 is 0. The largest absolute Gasteiger partial charge is 0.389 e. The van der Waals surface area contributed by atoms with Gasteiger partial charge < -0.3 is 15.3 Å². The number of anilines is 1. The molecule has 0 radical (unpaired) electrons. The molecule has 0 aliphatic rings. The monoisotopic (exact) mass is 268 g/mol. The lowest BCUT2D eigenvalue weighted by molar-refractivity contribution is -0.120. The summed E-state index contributed by atoms with van der Waals surface area (Å²) in [6.07, 6.45) is -0.407. The third kappa shape index (κ3) is 3.92. The molecule has 4 nitrogen and oxygen atoms in total. The van der Waals surface area contributed by atoms with Gasteiger partial charge in [0.15, 0.2) is 0 Å². The molecule has 0 heterocycles. The third-order valence-corrected chi connectivity index (χ3v) is 3.12. The van der Waals surface area contributed by atoms with Crippen molar-refractivity contribution < 1.29 is 14.3 Å². The first-order chi connectivity index (χ1) is 8.86. The van der Waals surface area contributed by atoms with Gasteiger partial charge in [0, 0.05) is 38.3 Å². The summed E-state index contributed by atoms with van der Waals surface area (Å²) in [4.78, 5) is 13.1. The summed E-state index contributed by atoms with van der Waals surface area (Å²) in [5.74, 6) is -0.386. The maximum absolute atomic E-state index is 13.6. The number of nitrogens with zero attached hydrogens (tertiary/aromatic N) is 1. The van der Waals surface area contributed by atoms with Crippen molar-refractivity contribution in [1.29, 1.82) is 0 Å². The first-order valence-electron chi connectivity index (χ1n) is 6.26. The molecule has 0 aliphatic heterocycles. The number of halogens is 1. The van der Waals surface area contributed by atoms with Crippen molar-refractivity contribution in [2.75, 3.05) is 25.5 Å². The van der Waals surface area contributed by atoms with Crippen LogP contribution in [0.1, 0.15) is 30.6 Å². The molecule has 0 aromatic heterocycles. The fourth-order valence-electron chi connectivity index (χ4n) is 1.86. The Morgan fingerprint density at radius 1 is 1.53 bits per heavy atom. The molecular formula is C14H21FN2O2. The topological polar surface area (TPSA) is 52.6 Å². The van der Waals surface area contributed by atoms with Gasteiger partial charge in [0.1, 0.15) is 5.82 Å². The van der Waals surface area contributed by atoms with E-state index < -0.39 is 6.10 Å². The van der Waals surface area contributed by atoms with E-state index in [1.54, 1.807) is 27.0 Å². The van der Waals surface area contributed by atoms with Crippen molar-refractivity contribution in [3.63, 3.8) is 0 Å². The van der Waals surface area contributed by atoms with Crippen LogP contribution in [0.5, 0.6) is 0 Å². The summed E-state index contributed by atoms with van der Waals surface area (Å²) in [5, 5.41) is 12.3. The van der Waals surface area contributed by atoms with Gasteiger partial charge in [-0.25, -0.2) is 4.39 Å². The highest BCUT2D eigenvalue weighted by Crippen LogP contribution is 2.28. The highest BCUT2D eigenvalue weighted by atomic mass is 19.1. The maximum Gasteiger partial charge on any atom is 0.221 e. The summed E-state index contributed by atoms with van der Waals surface area (Å²) in [6.45, 7) is 3.78. The maximum atomic E-state index is 13.6. The van der Waals surface area contributed by atoms with Crippen molar-refractivity contribution in [3.05, 3.63) is 29.1 Å². The van der Waals surface area contributed by atoms with Gasteiger partial charge in [-0.05, 0) is 31.5 Å². The van der Waals surface area contributed by atoms with Crippen LogP contribution < -0.4 is 10.2 Å². The number of amides is 1. The highest BCUT2D eigenvalue weighted by Gasteiger charge is 2.15. The van der Waals surface area contributed by atoms with E-state index in [4.69, 9.17) is 0 Å². The van der Waals surface area contributed by atoms with Gasteiger partial charge in [-0.3, -0.25) is 4.79 Å². The van der Waals surface area contributed by atoms with Gasteiger partial charge in [-0.15, -0.1) is 0 Å². The van der Waals surface area contributed by atoms with Crippen molar-refractivity contribution in [1.82, 2.24) is 5.32 Å². The molecule has 2 N–H and O–H groups in total. The molecule has 106 valence electrons. The standard InChI is InChI=1S/C14H21FN2O2/c1-9-7-13(11(10(2)18)8-12(9)15)17(4)6-5-14(19)16-3/h7-8,10,18H,5-6H2,1-4H3,(H,16,19)/t10-/m1/s1. The Morgan fingerprint density at radius 2 is 2.16 bits per heavy atom. The molecule has 0 spiro atoms. The Labute approximate surface area is 113 Å². The van der Waals surface area contributed by atoms with E-state index in [9.17, 15) is 14.3 Å². The van der Waals surface area contributed by atoms with E-state index in [0.717, 1.165) is 5.69 Å². The molecule has 0 saturated carbocycles. The van der Waals surface area contributed by atoms with Crippen LogP contribution in [0.4, 0.5) is 10.1 Å². The highest BCUT2D eigenvalue weighted by molar-refractivity contribution is 5.76. The quantitative estimate of drug-likeness (QED) is 0.855. The Morgan fingerprint density at radius 3 is 2.68 bits per heavy atom. The van der Waals surface area contributed by atoms with Crippen molar-refractivity contribution in [2.24, 2.45) is 0 Å². The number of benzene rings is 1. The Balaban J connectivity index is 2.97. The molecule has 0 saturated heterocycles. The number of hydrogen-bond acceptors (Lipinski definition) is 3. The molecule has 1 aromatic rings. The van der Waals surface area contributed by atoms with Crippen LogP contribution in [0.25, 0.3) is 0 Å². The third-order valence-electron chi connectivity index (χ3n) is 3.12. The number of rotatable bonds is 5. The number of carbonyl (C=O) groups excluding carboxylic acids is 1. The van der Waals surface area contributed by atoms with E-state index in [-0.39, 0.29) is 11.7 Å². The van der Waals surface area contributed by atoms with Crippen LogP contribution in [-0.2, 0) is 4.79 Å². The first-order valence-corrected chi connectivity index (χ1v) is 6.26. The van der Waals surface area contributed by atoms with E-state index in [1.807, 2.05) is 11.9 Å². The van der Waals surface area contributed by atoms with Gasteiger partial charge in [-0.1, -0.05) is 0 Å². The second kappa shape index (κ2) is 6.52. The second-order valence-electron chi connectivity index (χ2n) is 4.68. The Hall–Kier alpha value is -1.62. The molecule has 0 fully saturated rings. The number of hydrogen-bond donors (Lipinski definition) is 2. The molecule has 0 bridgehead atoms. The molecule has 5 heteroatoms. The van der Waals surface area contributed by atoms with E-state index in [0.29, 0.717) is 24.1 Å². The molecule has 0 unspecified atom stereocenters. The lowest BCUT2D eigenvalue weighted by Gasteiger charge is -2.24. The summed E-state index contributed by atoms with van der Waals surface area (Å²) < 4.78 is 13.6. The molecule has 19 heavy (non-hydrogen) atoms. The fourth-order valence-corrected chi connectivity index (χ4v) is 1.86. The molecular weight excluding hydrogens is 247 g/mol.